The second-order valence-electron chi connectivity index (χ2n) is 2.05. The first kappa shape index (κ1) is 12.1. The zero-order chi connectivity index (χ0) is 10.6. The van der Waals surface area contributed by atoms with Gasteiger partial charge in [0.2, 0.25) is 6.17 Å². The first-order valence-electron chi connectivity index (χ1n) is 3.06. The second kappa shape index (κ2) is 4.38. The van der Waals surface area contributed by atoms with Gasteiger partial charge in [0, 0.05) is 0 Å². The highest BCUT2D eigenvalue weighted by molar-refractivity contribution is 4.80. The molecule has 0 bridgehead atoms. The molecule has 0 saturated carbocycles. The van der Waals surface area contributed by atoms with Gasteiger partial charge in [-0.25, -0.2) is 13.2 Å². The molecule has 1 nitrogen and oxygen atoms in total. The van der Waals surface area contributed by atoms with Crippen LogP contribution in [-0.2, 0) is 4.74 Å². The smallest absolute Gasteiger partial charge is 0.423 e. The lowest BCUT2D eigenvalue weighted by atomic mass is 10.2. The predicted octanol–water partition coefficient (Wildman–Crippen LogP) is 2.68. The Labute approximate surface area is 70.0 Å². The van der Waals surface area contributed by atoms with Crippen molar-refractivity contribution in [3.8, 4) is 0 Å². The molecule has 0 N–H and O–H groups in total. The van der Waals surface area contributed by atoms with Gasteiger partial charge in [0.05, 0.1) is 6.26 Å². The first-order valence-corrected chi connectivity index (χ1v) is 3.06. The summed E-state index contributed by atoms with van der Waals surface area (Å²) >= 11 is 0. The quantitative estimate of drug-likeness (QED) is 0.509. The van der Waals surface area contributed by atoms with Crippen LogP contribution in [0.25, 0.3) is 0 Å². The minimum atomic E-state index is -5.36. The molecule has 0 aromatic rings. The molecule has 0 amide bonds. The summed E-state index contributed by atoms with van der Waals surface area (Å²) in [4.78, 5) is 0. The largest absolute Gasteiger partial charge is 0.489 e. The third-order valence-corrected chi connectivity index (χ3v) is 1.10. The fraction of sp³-hybridized carbons (Fsp3) is 0.667. The van der Waals surface area contributed by atoms with E-state index in [1.165, 1.54) is 0 Å². The Hall–Kier alpha value is -0.880. The lowest BCUT2D eigenvalue weighted by molar-refractivity contribution is -0.221. The lowest BCUT2D eigenvalue weighted by Crippen LogP contribution is -2.41. The third kappa shape index (κ3) is 3.56. The van der Waals surface area contributed by atoms with E-state index in [-0.39, 0.29) is 0 Å². The Morgan fingerprint density at radius 2 is 1.62 bits per heavy atom. The molecule has 13 heavy (non-hydrogen) atoms. The van der Waals surface area contributed by atoms with Crippen LogP contribution in [0.15, 0.2) is 12.8 Å². The Balaban J connectivity index is 4.45. The average molecular weight is 208 g/mol. The van der Waals surface area contributed by atoms with E-state index < -0.39 is 24.9 Å². The number of rotatable bonds is 4. The van der Waals surface area contributed by atoms with Crippen molar-refractivity contribution in [2.45, 2.75) is 24.9 Å². The molecule has 2 unspecified atom stereocenters. The van der Waals surface area contributed by atoms with Gasteiger partial charge in [-0.1, -0.05) is 6.58 Å². The van der Waals surface area contributed by atoms with Crippen LogP contribution in [0, 0.1) is 0 Å². The summed E-state index contributed by atoms with van der Waals surface area (Å²) in [6.07, 6.45) is -15.1. The van der Waals surface area contributed by atoms with Gasteiger partial charge in [-0.2, -0.15) is 13.2 Å². The molecule has 0 aromatic carbocycles. The molecule has 0 spiro atoms. The van der Waals surface area contributed by atoms with Crippen molar-refractivity contribution in [3.63, 3.8) is 0 Å². The highest BCUT2D eigenvalue weighted by atomic mass is 19.4. The average Bonchev–Trinajstić information content (AvgIpc) is 1.96. The highest BCUT2D eigenvalue weighted by Gasteiger charge is 2.50. The molecule has 0 aliphatic heterocycles. The molecule has 0 radical (unpaired) electrons. The third-order valence-electron chi connectivity index (χ3n) is 1.10. The van der Waals surface area contributed by atoms with Crippen molar-refractivity contribution < 1.29 is 31.1 Å². The van der Waals surface area contributed by atoms with Crippen molar-refractivity contribution in [3.05, 3.63) is 12.8 Å². The summed E-state index contributed by atoms with van der Waals surface area (Å²) in [5, 5.41) is 0. The van der Waals surface area contributed by atoms with E-state index in [0.717, 1.165) is 0 Å². The Kier molecular flexibility index (Phi) is 4.09. The van der Waals surface area contributed by atoms with E-state index in [0.29, 0.717) is 6.26 Å². The van der Waals surface area contributed by atoms with E-state index in [1.54, 1.807) is 0 Å². The van der Waals surface area contributed by atoms with Gasteiger partial charge in [0.15, 0.2) is 6.10 Å². The van der Waals surface area contributed by atoms with Crippen molar-refractivity contribution in [2.24, 2.45) is 0 Å². The highest BCUT2D eigenvalue weighted by Crippen LogP contribution is 2.29. The molecule has 0 saturated heterocycles. The van der Waals surface area contributed by atoms with Gasteiger partial charge in [0.1, 0.15) is 0 Å². The maximum Gasteiger partial charge on any atom is 0.423 e. The molecule has 78 valence electrons. The minimum absolute atomic E-state index is 0.342. The summed E-state index contributed by atoms with van der Waals surface area (Å²) in [7, 11) is 0. The predicted molar refractivity (Wildman–Crippen MR) is 32.0 cm³/mol. The van der Waals surface area contributed by atoms with Gasteiger partial charge in [-0.3, -0.25) is 0 Å². The zero-order valence-electron chi connectivity index (χ0n) is 6.19. The van der Waals surface area contributed by atoms with Crippen LogP contribution in [0.2, 0.25) is 0 Å². The molecule has 0 aliphatic carbocycles. The van der Waals surface area contributed by atoms with Crippen molar-refractivity contribution in [1.29, 1.82) is 0 Å². The van der Waals surface area contributed by atoms with Crippen LogP contribution < -0.4 is 0 Å². The number of hydrogen-bond acceptors (Lipinski definition) is 1. The monoisotopic (exact) mass is 208 g/mol. The zero-order valence-corrected chi connectivity index (χ0v) is 6.19. The molecular formula is C6H6F6O. The summed E-state index contributed by atoms with van der Waals surface area (Å²) < 4.78 is 74.1. The molecule has 2 atom stereocenters. The fourth-order valence-corrected chi connectivity index (χ4v) is 0.553. The maximum absolute atomic E-state index is 12.2. The van der Waals surface area contributed by atoms with Crippen LogP contribution >= 0.6 is 0 Å². The fourth-order valence-electron chi connectivity index (χ4n) is 0.553. The molecule has 0 aromatic heterocycles. The van der Waals surface area contributed by atoms with Crippen LogP contribution in [-0.4, -0.2) is 24.9 Å². The standard InChI is InChI=1S/C6H6F6O/c1-2-13-3(5(8)9)4(7)6(10,11)12/h2-5H,1H2. The van der Waals surface area contributed by atoms with E-state index in [2.05, 4.69) is 11.3 Å². The lowest BCUT2D eigenvalue weighted by Gasteiger charge is -2.21. The number of alkyl halides is 6. The van der Waals surface area contributed by atoms with Gasteiger partial charge < -0.3 is 4.74 Å². The summed E-state index contributed by atoms with van der Waals surface area (Å²) in [5.74, 6) is 0. The first-order chi connectivity index (χ1) is 5.80. The van der Waals surface area contributed by atoms with Crippen LogP contribution in [0.3, 0.4) is 0 Å². The van der Waals surface area contributed by atoms with Crippen LogP contribution in [0.5, 0.6) is 0 Å². The summed E-state index contributed by atoms with van der Waals surface area (Å²) in [6, 6.07) is 0. The Bertz CT molecular complexity index is 165. The molecule has 0 rings (SSSR count). The summed E-state index contributed by atoms with van der Waals surface area (Å²) in [5.41, 5.74) is 0. The number of ether oxygens (including phenoxy) is 1. The molecule has 0 aliphatic rings. The van der Waals surface area contributed by atoms with E-state index in [4.69, 9.17) is 0 Å². The SMILES string of the molecule is C=COC(C(F)F)C(F)C(F)(F)F. The minimum Gasteiger partial charge on any atom is -0.489 e. The van der Waals surface area contributed by atoms with Crippen molar-refractivity contribution in [1.82, 2.24) is 0 Å². The topological polar surface area (TPSA) is 9.23 Å². The van der Waals surface area contributed by atoms with Crippen LogP contribution in [0.1, 0.15) is 0 Å². The Morgan fingerprint density at radius 3 is 1.85 bits per heavy atom. The van der Waals surface area contributed by atoms with E-state index >= 15 is 0 Å². The normalized spacial score (nSPS) is 16.8. The molecule has 0 heterocycles. The molecule has 0 fully saturated rings. The van der Waals surface area contributed by atoms with E-state index in [1.807, 2.05) is 0 Å². The molecule has 7 heteroatoms. The van der Waals surface area contributed by atoms with Gasteiger partial charge in [-0.05, 0) is 0 Å². The van der Waals surface area contributed by atoms with Crippen molar-refractivity contribution in [2.75, 3.05) is 0 Å². The summed E-state index contributed by atoms with van der Waals surface area (Å²) in [6.45, 7) is 2.76. The van der Waals surface area contributed by atoms with Gasteiger partial charge >= 0.3 is 6.18 Å². The van der Waals surface area contributed by atoms with Crippen LogP contribution in [0.4, 0.5) is 26.3 Å². The number of halogens is 6. The van der Waals surface area contributed by atoms with Gasteiger partial charge in [-0.15, -0.1) is 0 Å². The number of hydrogen-bond donors (Lipinski definition) is 0. The molecular weight excluding hydrogens is 202 g/mol. The Morgan fingerprint density at radius 1 is 1.15 bits per heavy atom. The van der Waals surface area contributed by atoms with Crippen molar-refractivity contribution >= 4 is 0 Å². The maximum atomic E-state index is 12.2. The van der Waals surface area contributed by atoms with Gasteiger partial charge in [0.25, 0.3) is 6.43 Å². The second-order valence-corrected chi connectivity index (χ2v) is 2.05. The van der Waals surface area contributed by atoms with E-state index in [9.17, 15) is 26.3 Å².